The van der Waals surface area contributed by atoms with Gasteiger partial charge in [0.15, 0.2) is 0 Å². The number of hydrogen-bond donors (Lipinski definition) is 1. The maximum absolute atomic E-state index is 13.5. The van der Waals surface area contributed by atoms with Crippen LogP contribution in [0.5, 0.6) is 5.75 Å². The molecule has 1 N–H and O–H groups in total. The predicted molar refractivity (Wildman–Crippen MR) is 104 cm³/mol. The van der Waals surface area contributed by atoms with E-state index in [1.165, 1.54) is 18.5 Å². The van der Waals surface area contributed by atoms with Gasteiger partial charge >= 0.3 is 0 Å². The van der Waals surface area contributed by atoms with Crippen LogP contribution in [0.1, 0.15) is 31.0 Å². The molecule has 0 saturated carbocycles. The number of anilines is 1. The van der Waals surface area contributed by atoms with Crippen molar-refractivity contribution in [2.75, 3.05) is 18.5 Å². The van der Waals surface area contributed by atoms with Crippen LogP contribution in [0.25, 0.3) is 11.3 Å². The van der Waals surface area contributed by atoms with Gasteiger partial charge in [0.1, 0.15) is 23.7 Å². The van der Waals surface area contributed by atoms with Crippen LogP contribution < -0.4 is 10.1 Å². The van der Waals surface area contributed by atoms with Crippen LogP contribution >= 0.6 is 0 Å². The topological polar surface area (TPSA) is 59.9 Å². The highest BCUT2D eigenvalue weighted by Crippen LogP contribution is 2.28. The molecule has 0 radical (unpaired) electrons. The second-order valence-corrected chi connectivity index (χ2v) is 6.37. The number of nitrogens with one attached hydrogen (secondary N) is 1. The predicted octanol–water partition coefficient (Wildman–Crippen LogP) is 4.60. The lowest BCUT2D eigenvalue weighted by atomic mass is 10.00. The van der Waals surface area contributed by atoms with Crippen molar-refractivity contribution in [2.45, 2.75) is 26.7 Å². The summed E-state index contributed by atoms with van der Waals surface area (Å²) in [5.41, 5.74) is 3.67. The zero-order valence-electron chi connectivity index (χ0n) is 15.7. The fraction of sp³-hybridized carbons (Fsp3) is 0.286. The minimum Gasteiger partial charge on any atom is -0.493 e. The van der Waals surface area contributed by atoms with Gasteiger partial charge in [0.2, 0.25) is 0 Å². The first-order chi connectivity index (χ1) is 13.1. The van der Waals surface area contributed by atoms with Crippen molar-refractivity contribution >= 4 is 5.82 Å². The summed E-state index contributed by atoms with van der Waals surface area (Å²) in [5.74, 6) is 1.13. The SMILES string of the molecule is CCOc1cc(F)ccc1C(C)CNc1cc(-c2ccc(C)nc2)ncn1. The van der Waals surface area contributed by atoms with Crippen LogP contribution in [0.4, 0.5) is 10.2 Å². The number of hydrogen-bond acceptors (Lipinski definition) is 5. The molecule has 0 aliphatic carbocycles. The zero-order valence-corrected chi connectivity index (χ0v) is 15.7. The van der Waals surface area contributed by atoms with E-state index in [-0.39, 0.29) is 11.7 Å². The lowest BCUT2D eigenvalue weighted by Gasteiger charge is -2.17. The third kappa shape index (κ3) is 4.78. The van der Waals surface area contributed by atoms with Gasteiger partial charge in [-0.15, -0.1) is 0 Å². The first kappa shape index (κ1) is 18.8. The molecule has 27 heavy (non-hydrogen) atoms. The number of benzene rings is 1. The Morgan fingerprint density at radius 1 is 1.11 bits per heavy atom. The van der Waals surface area contributed by atoms with E-state index in [9.17, 15) is 4.39 Å². The van der Waals surface area contributed by atoms with Crippen molar-refractivity contribution in [1.29, 1.82) is 0 Å². The molecule has 3 rings (SSSR count). The standard InChI is InChI=1S/C21H23FN4O/c1-4-27-20-9-17(22)7-8-18(20)14(2)11-24-21-10-19(25-13-26-21)16-6-5-15(3)23-12-16/h5-10,12-14H,4,11H2,1-3H3,(H,24,25,26). The molecule has 1 atom stereocenters. The van der Waals surface area contributed by atoms with Gasteiger partial charge in [0.05, 0.1) is 12.3 Å². The van der Waals surface area contributed by atoms with Gasteiger partial charge in [-0.25, -0.2) is 14.4 Å². The molecular weight excluding hydrogens is 343 g/mol. The van der Waals surface area contributed by atoms with Gasteiger partial charge < -0.3 is 10.1 Å². The summed E-state index contributed by atoms with van der Waals surface area (Å²) in [4.78, 5) is 12.9. The normalized spacial score (nSPS) is 11.9. The molecule has 1 unspecified atom stereocenters. The molecule has 0 saturated heterocycles. The van der Waals surface area contributed by atoms with E-state index < -0.39 is 0 Å². The number of ether oxygens (including phenoxy) is 1. The summed E-state index contributed by atoms with van der Waals surface area (Å²) in [7, 11) is 0. The number of nitrogens with zero attached hydrogens (tertiary/aromatic N) is 3. The summed E-state index contributed by atoms with van der Waals surface area (Å²) in [5, 5.41) is 3.33. The molecule has 2 aromatic heterocycles. The third-order valence-electron chi connectivity index (χ3n) is 4.27. The van der Waals surface area contributed by atoms with Gasteiger partial charge in [-0.3, -0.25) is 4.98 Å². The fourth-order valence-corrected chi connectivity index (χ4v) is 2.79. The molecule has 2 heterocycles. The second-order valence-electron chi connectivity index (χ2n) is 6.37. The highest BCUT2D eigenvalue weighted by atomic mass is 19.1. The van der Waals surface area contributed by atoms with E-state index in [4.69, 9.17) is 4.74 Å². The molecule has 0 aliphatic rings. The zero-order chi connectivity index (χ0) is 19.2. The minimum atomic E-state index is -0.297. The Kier molecular flexibility index (Phi) is 5.96. The van der Waals surface area contributed by atoms with E-state index in [0.717, 1.165) is 28.3 Å². The van der Waals surface area contributed by atoms with Crippen LogP contribution in [0.3, 0.4) is 0 Å². The van der Waals surface area contributed by atoms with E-state index in [0.29, 0.717) is 18.9 Å². The molecule has 3 aromatic rings. The fourth-order valence-electron chi connectivity index (χ4n) is 2.79. The molecular formula is C21H23FN4O. The van der Waals surface area contributed by atoms with Crippen molar-refractivity contribution in [3.63, 3.8) is 0 Å². The molecule has 140 valence electrons. The number of aryl methyl sites for hydroxylation is 1. The average Bonchev–Trinajstić information content (AvgIpc) is 2.67. The minimum absolute atomic E-state index is 0.117. The van der Waals surface area contributed by atoms with Gasteiger partial charge in [-0.2, -0.15) is 0 Å². The van der Waals surface area contributed by atoms with Crippen molar-refractivity contribution in [2.24, 2.45) is 0 Å². The summed E-state index contributed by atoms with van der Waals surface area (Å²) >= 11 is 0. The van der Waals surface area contributed by atoms with Gasteiger partial charge in [-0.1, -0.05) is 13.0 Å². The molecule has 1 aromatic carbocycles. The Hall–Kier alpha value is -3.02. The van der Waals surface area contributed by atoms with Crippen molar-refractivity contribution < 1.29 is 9.13 Å². The molecule has 5 nitrogen and oxygen atoms in total. The Labute approximate surface area is 158 Å². The van der Waals surface area contributed by atoms with E-state index >= 15 is 0 Å². The quantitative estimate of drug-likeness (QED) is 0.662. The van der Waals surface area contributed by atoms with Crippen LogP contribution in [0.2, 0.25) is 0 Å². The van der Waals surface area contributed by atoms with Crippen LogP contribution in [-0.2, 0) is 0 Å². The van der Waals surface area contributed by atoms with Crippen LogP contribution in [0.15, 0.2) is 48.9 Å². The highest BCUT2D eigenvalue weighted by Gasteiger charge is 2.13. The van der Waals surface area contributed by atoms with E-state index in [2.05, 4.69) is 27.2 Å². The van der Waals surface area contributed by atoms with E-state index in [1.807, 2.05) is 32.0 Å². The summed E-state index contributed by atoms with van der Waals surface area (Å²) in [6.07, 6.45) is 3.34. The van der Waals surface area contributed by atoms with Gasteiger partial charge in [0, 0.05) is 42.0 Å². The maximum atomic E-state index is 13.5. The Balaban J connectivity index is 1.72. The number of pyridine rings is 1. The van der Waals surface area contributed by atoms with Crippen LogP contribution in [-0.4, -0.2) is 28.1 Å². The first-order valence-electron chi connectivity index (χ1n) is 8.98. The lowest BCUT2D eigenvalue weighted by Crippen LogP contribution is -2.12. The molecule has 0 fully saturated rings. The average molecular weight is 366 g/mol. The van der Waals surface area contributed by atoms with Gasteiger partial charge in [0.25, 0.3) is 0 Å². The van der Waals surface area contributed by atoms with Crippen LogP contribution in [0, 0.1) is 12.7 Å². The smallest absolute Gasteiger partial charge is 0.129 e. The second kappa shape index (κ2) is 8.58. The third-order valence-corrected chi connectivity index (χ3v) is 4.27. The molecule has 6 heteroatoms. The Morgan fingerprint density at radius 2 is 1.96 bits per heavy atom. The molecule has 0 spiro atoms. The van der Waals surface area contributed by atoms with E-state index in [1.54, 1.807) is 12.3 Å². The monoisotopic (exact) mass is 366 g/mol. The first-order valence-corrected chi connectivity index (χ1v) is 8.98. The number of halogens is 1. The molecule has 0 aliphatic heterocycles. The van der Waals surface area contributed by atoms with Crippen molar-refractivity contribution in [3.05, 3.63) is 66.0 Å². The summed E-state index contributed by atoms with van der Waals surface area (Å²) in [6.45, 7) is 7.03. The Morgan fingerprint density at radius 3 is 2.70 bits per heavy atom. The Bertz CT molecular complexity index is 899. The van der Waals surface area contributed by atoms with Crippen molar-refractivity contribution in [1.82, 2.24) is 15.0 Å². The summed E-state index contributed by atoms with van der Waals surface area (Å²) < 4.78 is 19.1. The summed E-state index contributed by atoms with van der Waals surface area (Å²) in [6, 6.07) is 10.5. The largest absolute Gasteiger partial charge is 0.493 e. The van der Waals surface area contributed by atoms with Crippen molar-refractivity contribution in [3.8, 4) is 17.0 Å². The molecule has 0 bridgehead atoms. The highest BCUT2D eigenvalue weighted by molar-refractivity contribution is 5.61. The van der Waals surface area contributed by atoms with Gasteiger partial charge in [-0.05, 0) is 37.6 Å². The molecule has 0 amide bonds. The lowest BCUT2D eigenvalue weighted by molar-refractivity contribution is 0.333. The maximum Gasteiger partial charge on any atom is 0.129 e. The number of aromatic nitrogens is 3. The number of rotatable bonds is 7.